The van der Waals surface area contributed by atoms with Gasteiger partial charge in [0.25, 0.3) is 0 Å². The van der Waals surface area contributed by atoms with Crippen LogP contribution in [0.3, 0.4) is 0 Å². The Hall–Kier alpha value is -3.25. The zero-order valence-electron chi connectivity index (χ0n) is 18.7. The lowest BCUT2D eigenvalue weighted by Crippen LogP contribution is -2.25. The van der Waals surface area contributed by atoms with Crippen LogP contribution in [0.1, 0.15) is 18.1 Å². The maximum Gasteiger partial charge on any atom is 0.422 e. The highest BCUT2D eigenvalue weighted by Crippen LogP contribution is 2.38. The smallest absolute Gasteiger partial charge is 0.326 e. The Bertz CT molecular complexity index is 1290. The van der Waals surface area contributed by atoms with Gasteiger partial charge < -0.3 is 10.6 Å². The van der Waals surface area contributed by atoms with Gasteiger partial charge in [-0.2, -0.15) is 13.2 Å². The van der Waals surface area contributed by atoms with Crippen molar-refractivity contribution in [1.29, 1.82) is 0 Å². The second-order valence-electron chi connectivity index (χ2n) is 7.63. The van der Waals surface area contributed by atoms with E-state index in [-0.39, 0.29) is 12.3 Å². The second kappa shape index (κ2) is 11.4. The number of benzene rings is 3. The first kappa shape index (κ1) is 28.3. The van der Waals surface area contributed by atoms with Crippen LogP contribution in [-0.4, -0.2) is 17.1 Å². The number of carbonyl (C=O) groups excluding carboxylic acids is 2. The number of alkyl halides is 3. The van der Waals surface area contributed by atoms with Gasteiger partial charge in [0.1, 0.15) is 11.3 Å². The van der Waals surface area contributed by atoms with Gasteiger partial charge >= 0.3 is 6.18 Å². The Morgan fingerprint density at radius 1 is 0.865 bits per heavy atom. The fraction of sp³-hybridized carbons (Fsp3) is 0.167. The molecule has 0 saturated carbocycles. The van der Waals surface area contributed by atoms with Crippen LogP contribution < -0.4 is 10.6 Å². The third-order valence-corrected chi connectivity index (χ3v) is 6.26. The van der Waals surface area contributed by atoms with E-state index in [4.69, 9.17) is 11.6 Å². The van der Waals surface area contributed by atoms with Gasteiger partial charge in [0, 0.05) is 15.6 Å². The maximum absolute atomic E-state index is 14.0. The molecule has 196 valence electrons. The molecule has 0 aliphatic heterocycles. The minimum atomic E-state index is -5.69. The van der Waals surface area contributed by atoms with Gasteiger partial charge in [-0.25, -0.2) is 17.6 Å². The zero-order valence-corrected chi connectivity index (χ0v) is 20.2. The van der Waals surface area contributed by atoms with Gasteiger partial charge in [0.2, 0.25) is 11.8 Å². The van der Waals surface area contributed by atoms with Gasteiger partial charge in [-0.3, -0.25) is 9.59 Å². The van der Waals surface area contributed by atoms with E-state index in [0.717, 1.165) is 17.3 Å². The number of amides is 2. The summed E-state index contributed by atoms with van der Waals surface area (Å²) >= 11 is 6.69. The number of hydrogen-bond acceptors (Lipinski definition) is 3. The fourth-order valence-electron chi connectivity index (χ4n) is 3.08. The molecule has 2 amide bonds. The fourth-order valence-corrected chi connectivity index (χ4v) is 4.08. The van der Waals surface area contributed by atoms with Gasteiger partial charge in [-0.05, 0) is 48.9 Å². The Kier molecular flexibility index (Phi) is 8.75. The standard InChI is InChI=1S/C24H16ClF7N2O2S/c1-11(23(36)34-22-20(28)18(26)17(24(30,31)32)19(27)21(22)29)37-15-8-6-14(7-9-15)33-16(35)10-12-2-4-13(25)5-3-12/h2-9,11H,10H2,1H3,(H,33,35)(H,34,36). The molecule has 0 aliphatic carbocycles. The molecule has 0 aliphatic rings. The number of halogens is 8. The summed E-state index contributed by atoms with van der Waals surface area (Å²) in [5.74, 6) is -11.5. The first-order chi connectivity index (χ1) is 17.3. The van der Waals surface area contributed by atoms with E-state index >= 15 is 0 Å². The lowest BCUT2D eigenvalue weighted by atomic mass is 10.1. The first-order valence-corrected chi connectivity index (χ1v) is 11.6. The van der Waals surface area contributed by atoms with Crippen molar-refractivity contribution < 1.29 is 40.3 Å². The first-order valence-electron chi connectivity index (χ1n) is 10.3. The van der Waals surface area contributed by atoms with Crippen molar-refractivity contribution in [3.05, 3.63) is 87.9 Å². The SMILES string of the molecule is CC(Sc1ccc(NC(=O)Cc2ccc(Cl)cc2)cc1)C(=O)Nc1c(F)c(F)c(C(F)(F)F)c(F)c1F. The quantitative estimate of drug-likeness (QED) is 0.181. The summed E-state index contributed by atoms with van der Waals surface area (Å²) in [4.78, 5) is 25.0. The summed E-state index contributed by atoms with van der Waals surface area (Å²) in [6.07, 6.45) is -5.59. The van der Waals surface area contributed by atoms with Crippen molar-refractivity contribution in [2.75, 3.05) is 10.6 Å². The largest absolute Gasteiger partial charge is 0.422 e. The van der Waals surface area contributed by atoms with Gasteiger partial charge in [0.05, 0.1) is 11.7 Å². The normalized spacial score (nSPS) is 12.2. The summed E-state index contributed by atoms with van der Waals surface area (Å²) in [6, 6.07) is 12.9. The second-order valence-corrected chi connectivity index (χ2v) is 9.48. The van der Waals surface area contributed by atoms with E-state index in [2.05, 4.69) is 5.32 Å². The lowest BCUT2D eigenvalue weighted by Gasteiger charge is -2.16. The molecule has 0 bridgehead atoms. The van der Waals surface area contributed by atoms with Crippen molar-refractivity contribution in [2.24, 2.45) is 0 Å². The highest BCUT2D eigenvalue weighted by molar-refractivity contribution is 8.00. The Morgan fingerprint density at radius 2 is 1.41 bits per heavy atom. The summed E-state index contributed by atoms with van der Waals surface area (Å²) < 4.78 is 93.8. The van der Waals surface area contributed by atoms with E-state index in [1.165, 1.54) is 31.2 Å². The molecule has 1 unspecified atom stereocenters. The summed E-state index contributed by atoms with van der Waals surface area (Å²) in [6.45, 7) is 1.30. The molecule has 0 heterocycles. The average Bonchev–Trinajstić information content (AvgIpc) is 2.82. The number of hydrogen-bond donors (Lipinski definition) is 2. The van der Waals surface area contributed by atoms with Crippen molar-refractivity contribution in [3.63, 3.8) is 0 Å². The third kappa shape index (κ3) is 6.95. The molecule has 0 radical (unpaired) electrons. The van der Waals surface area contributed by atoms with E-state index in [9.17, 15) is 40.3 Å². The summed E-state index contributed by atoms with van der Waals surface area (Å²) in [5.41, 5.74) is -3.21. The van der Waals surface area contributed by atoms with Crippen LogP contribution >= 0.6 is 23.4 Å². The molecule has 0 saturated heterocycles. The molecule has 13 heteroatoms. The molecule has 0 aromatic heterocycles. The monoisotopic (exact) mass is 564 g/mol. The van der Waals surface area contributed by atoms with Gasteiger partial charge in [-0.15, -0.1) is 11.8 Å². The van der Waals surface area contributed by atoms with Crippen molar-refractivity contribution >= 4 is 46.6 Å². The van der Waals surface area contributed by atoms with E-state index in [1.807, 2.05) is 0 Å². The third-order valence-electron chi connectivity index (χ3n) is 4.89. The molecule has 37 heavy (non-hydrogen) atoms. The molecule has 3 aromatic carbocycles. The van der Waals surface area contributed by atoms with Gasteiger partial charge in [-0.1, -0.05) is 23.7 Å². The Morgan fingerprint density at radius 3 is 1.92 bits per heavy atom. The zero-order chi connectivity index (χ0) is 27.5. The van der Waals surface area contributed by atoms with E-state index < -0.39 is 51.9 Å². The molecule has 3 aromatic rings. The molecule has 3 rings (SSSR count). The molecule has 2 N–H and O–H groups in total. The predicted molar refractivity (Wildman–Crippen MR) is 125 cm³/mol. The molecule has 1 atom stereocenters. The van der Waals surface area contributed by atoms with Crippen LogP contribution in [0.25, 0.3) is 0 Å². The van der Waals surface area contributed by atoms with Crippen molar-refractivity contribution in [1.82, 2.24) is 0 Å². The van der Waals surface area contributed by atoms with Crippen LogP contribution in [-0.2, 0) is 22.2 Å². The van der Waals surface area contributed by atoms with Crippen LogP contribution in [0.2, 0.25) is 5.02 Å². The number of rotatable bonds is 7. The average molecular weight is 565 g/mol. The van der Waals surface area contributed by atoms with Crippen LogP contribution in [0, 0.1) is 23.3 Å². The molecule has 0 spiro atoms. The van der Waals surface area contributed by atoms with E-state index in [0.29, 0.717) is 15.6 Å². The highest BCUT2D eigenvalue weighted by atomic mass is 35.5. The van der Waals surface area contributed by atoms with Crippen molar-refractivity contribution in [2.45, 2.75) is 29.7 Å². The van der Waals surface area contributed by atoms with Crippen LogP contribution in [0.5, 0.6) is 0 Å². The minimum absolute atomic E-state index is 0.100. The van der Waals surface area contributed by atoms with Crippen LogP contribution in [0.15, 0.2) is 53.4 Å². The molecular formula is C24H16ClF7N2O2S. The number of anilines is 2. The summed E-state index contributed by atoms with van der Waals surface area (Å²) in [5, 5.41) is 3.74. The molecular weight excluding hydrogens is 549 g/mol. The maximum atomic E-state index is 14.0. The van der Waals surface area contributed by atoms with Crippen LogP contribution in [0.4, 0.5) is 42.1 Å². The molecule has 4 nitrogen and oxygen atoms in total. The Labute approximate surface area is 215 Å². The minimum Gasteiger partial charge on any atom is -0.326 e. The molecule has 0 fully saturated rings. The lowest BCUT2D eigenvalue weighted by molar-refractivity contribution is -0.143. The highest BCUT2D eigenvalue weighted by Gasteiger charge is 2.42. The number of thioether (sulfide) groups is 1. The van der Waals surface area contributed by atoms with E-state index in [1.54, 1.807) is 29.6 Å². The Balaban J connectivity index is 1.63. The predicted octanol–water partition coefficient (Wildman–Crippen LogP) is 7.22. The number of carbonyl (C=O) groups is 2. The van der Waals surface area contributed by atoms with Crippen molar-refractivity contribution in [3.8, 4) is 0 Å². The van der Waals surface area contributed by atoms with Gasteiger partial charge in [0.15, 0.2) is 23.3 Å². The summed E-state index contributed by atoms with van der Waals surface area (Å²) in [7, 11) is 0. The topological polar surface area (TPSA) is 58.2 Å². The number of nitrogens with one attached hydrogen (secondary N) is 2.